The van der Waals surface area contributed by atoms with Crippen molar-refractivity contribution in [3.05, 3.63) is 35.3 Å². The van der Waals surface area contributed by atoms with Gasteiger partial charge in [-0.1, -0.05) is 0 Å². The number of carbonyl (C=O) groups excluding carboxylic acids is 6. The number of nitrogens with zero attached hydrogens (tertiary/aromatic N) is 12. The molecule has 0 atom stereocenters. The van der Waals surface area contributed by atoms with E-state index in [1.807, 2.05) is 0 Å². The maximum absolute atomic E-state index is 13.7. The molecular formula is C66H87F9N18O9. The summed E-state index contributed by atoms with van der Waals surface area (Å²) in [6, 6.07) is 6.21. The largest absolute Gasteiger partial charge is 0.419 e. The quantitative estimate of drug-likeness (QED) is 0.0484. The number of aromatic nitrogens is 6. The molecule has 6 amide bonds. The van der Waals surface area contributed by atoms with Crippen molar-refractivity contribution >= 4 is 52.9 Å². The van der Waals surface area contributed by atoms with Gasteiger partial charge in [0, 0.05) is 93.7 Å². The van der Waals surface area contributed by atoms with Crippen molar-refractivity contribution in [2.24, 2.45) is 35.0 Å². The summed E-state index contributed by atoms with van der Waals surface area (Å²) in [5, 5.41) is 59.4. The lowest BCUT2D eigenvalue weighted by atomic mass is 9.75. The summed E-state index contributed by atoms with van der Waals surface area (Å²) in [6.45, 7) is 4.61. The second kappa shape index (κ2) is 28.9. The molecule has 12 rings (SSSR count). The minimum atomic E-state index is -4.66. The van der Waals surface area contributed by atoms with Crippen molar-refractivity contribution in [1.29, 1.82) is 15.8 Å². The number of hydrogen-bond acceptors (Lipinski definition) is 18. The molecule has 102 heavy (non-hydrogen) atoms. The molecule has 10 N–H and O–H groups in total. The molecule has 3 saturated heterocycles. The molecule has 3 aromatic heterocycles. The van der Waals surface area contributed by atoms with Crippen LogP contribution in [0.15, 0.2) is 18.6 Å². The smallest absolute Gasteiger partial charge is 0.378 e. The lowest BCUT2D eigenvalue weighted by molar-refractivity contribution is -0.332. The molecule has 9 fully saturated rings. The predicted octanol–water partition coefficient (Wildman–Crippen LogP) is 7.34. The van der Waals surface area contributed by atoms with E-state index in [0.717, 1.165) is 38.5 Å². The van der Waals surface area contributed by atoms with Gasteiger partial charge in [-0.25, -0.2) is 0 Å². The highest BCUT2D eigenvalue weighted by molar-refractivity contribution is 6.04. The molecular weight excluding hydrogens is 1360 g/mol. The van der Waals surface area contributed by atoms with Crippen molar-refractivity contribution in [2.75, 3.05) is 55.2 Å². The molecule has 3 aromatic rings. The number of rotatable bonds is 22. The highest BCUT2D eigenvalue weighted by atomic mass is 19.4. The maximum Gasteiger partial charge on any atom is 0.419 e. The number of nitriles is 3. The number of aliphatic hydroxyl groups is 1. The third-order valence-electron chi connectivity index (χ3n) is 21.6. The summed E-state index contributed by atoms with van der Waals surface area (Å²) in [7, 11) is 0. The number of amides is 6. The second-order valence-corrected chi connectivity index (χ2v) is 29.8. The molecule has 6 saturated carbocycles. The average Bonchev–Trinajstić information content (AvgIpc) is 1.22. The van der Waals surface area contributed by atoms with Crippen LogP contribution in [0.1, 0.15) is 194 Å². The number of halogens is 9. The Labute approximate surface area is 582 Å². The van der Waals surface area contributed by atoms with Gasteiger partial charge in [-0.3, -0.25) is 57.5 Å². The highest BCUT2D eigenvalue weighted by Crippen LogP contribution is 2.51. The Balaban J connectivity index is 0.000000165. The van der Waals surface area contributed by atoms with Gasteiger partial charge < -0.3 is 47.7 Å². The van der Waals surface area contributed by atoms with Crippen molar-refractivity contribution in [3.8, 4) is 18.2 Å². The van der Waals surface area contributed by atoms with Crippen molar-refractivity contribution < 1.29 is 82.9 Å². The Morgan fingerprint density at radius 1 is 0.471 bits per heavy atom. The van der Waals surface area contributed by atoms with E-state index in [9.17, 15) is 89.2 Å². The number of likely N-dealkylation sites (tertiary alicyclic amines) is 3. The first-order chi connectivity index (χ1) is 47.8. The van der Waals surface area contributed by atoms with Crippen LogP contribution in [0.3, 0.4) is 0 Å². The fourth-order valence-electron chi connectivity index (χ4n) is 15.1. The van der Waals surface area contributed by atoms with E-state index in [4.69, 9.17) is 26.7 Å². The number of nitrogens with one attached hydrogen (secondary N) is 3. The SMILES string of the molecule is CC(C)OC1(C(F)(F)F)CN(C2CCC(CC#N)(n3cc(C(N)=O)c(NC(=O)C4CC4)n3)CC2)C1.CC(C)OC1(C(F)(F)F)CN(C2CCC(CC#N)(n3cc(C(N)=O)c(NC(=O)C4CC4)n3)CC2)C1.N#CCC1(n2cc(C(N)=O)c(NC(=O)C3CC3)n2)CCC(N2CC(O)(C(F)(F)F)C2)CC1. The van der Waals surface area contributed by atoms with Crippen LogP contribution in [-0.2, 0) is 40.5 Å². The molecule has 0 spiro atoms. The van der Waals surface area contributed by atoms with Crippen molar-refractivity contribution in [1.82, 2.24) is 44.0 Å². The molecule has 0 radical (unpaired) electrons. The van der Waals surface area contributed by atoms with Crippen LogP contribution in [0, 0.1) is 51.7 Å². The van der Waals surface area contributed by atoms with E-state index in [1.165, 1.54) is 23.3 Å². The third kappa shape index (κ3) is 16.0. The number of ether oxygens (including phenoxy) is 2. The van der Waals surface area contributed by atoms with Gasteiger partial charge in [0.05, 0.1) is 66.3 Å². The number of hydrogen-bond donors (Lipinski definition) is 7. The minimum absolute atomic E-state index is 0.0522. The van der Waals surface area contributed by atoms with Gasteiger partial charge in [-0.15, -0.1) is 0 Å². The summed E-state index contributed by atoms with van der Waals surface area (Å²) in [6.07, 6.45) is 0.834. The first kappa shape index (κ1) is 76.7. The van der Waals surface area contributed by atoms with Gasteiger partial charge >= 0.3 is 18.5 Å². The average molecular weight is 1450 g/mol. The standard InChI is InChI=1S/2C23H31F3N6O3.C20H25F3N6O3/c2*1-14(2)35-22(23(24,25)26)12-31(13-22)16-5-7-21(8-6-16,9-10-27)32-11-17(18(28)33)19(30-32)29-20(34)15-3-4-15;21-20(22,23)19(32)10-28(11-19)13-3-5-18(6-4-13,7-8-24)29-9-14(15(25)30)16(27-29)26-17(31)12-1-2-12/h2*11,14-16H,3-9,12-13H2,1-2H3,(H2,28,33)(H,29,30,34);9,12-13,32H,1-7,10-11H2,(H2,25,30)(H,26,27,31). The van der Waals surface area contributed by atoms with E-state index >= 15 is 0 Å². The molecule has 9 aliphatic rings. The molecule has 27 nitrogen and oxygen atoms in total. The zero-order valence-corrected chi connectivity index (χ0v) is 57.2. The molecule has 558 valence electrons. The fraction of sp³-hybridized carbons (Fsp3) is 0.727. The van der Waals surface area contributed by atoms with Crippen LogP contribution < -0.4 is 33.2 Å². The van der Waals surface area contributed by atoms with E-state index in [1.54, 1.807) is 51.8 Å². The summed E-state index contributed by atoms with van der Waals surface area (Å²) in [5.74, 6) is -2.96. The first-order valence-electron chi connectivity index (χ1n) is 34.5. The zero-order chi connectivity index (χ0) is 74.5. The number of anilines is 3. The van der Waals surface area contributed by atoms with Gasteiger partial charge in [0.25, 0.3) is 17.7 Å². The molecule has 0 bridgehead atoms. The molecule has 36 heteroatoms. The van der Waals surface area contributed by atoms with Gasteiger partial charge in [0.2, 0.25) is 17.7 Å². The van der Waals surface area contributed by atoms with Gasteiger partial charge in [-0.2, -0.15) is 70.6 Å². The predicted molar refractivity (Wildman–Crippen MR) is 343 cm³/mol. The summed E-state index contributed by atoms with van der Waals surface area (Å²) < 4.78 is 136. The Bertz CT molecular complexity index is 3570. The Kier molecular flexibility index (Phi) is 21.8. The van der Waals surface area contributed by atoms with Gasteiger partial charge in [-0.05, 0) is 143 Å². The lowest BCUT2D eigenvalue weighted by Crippen LogP contribution is -2.73. The summed E-state index contributed by atoms with van der Waals surface area (Å²) in [5.41, 5.74) is 7.48. The molecule has 6 aliphatic carbocycles. The van der Waals surface area contributed by atoms with E-state index < -0.39 is 95.0 Å². The summed E-state index contributed by atoms with van der Waals surface area (Å²) >= 11 is 0. The molecule has 0 unspecified atom stereocenters. The number of primary amides is 3. The first-order valence-corrected chi connectivity index (χ1v) is 34.5. The van der Waals surface area contributed by atoms with Crippen LogP contribution in [0.5, 0.6) is 0 Å². The lowest BCUT2D eigenvalue weighted by Gasteiger charge is -2.55. The number of alkyl halides is 9. The minimum Gasteiger partial charge on any atom is -0.378 e. The number of nitrogens with two attached hydrogens (primary N) is 3. The number of β-amino-alcohol motifs (C(OH)–C–C–N with tert-alkyl or cyclic N) is 1. The highest BCUT2D eigenvalue weighted by Gasteiger charge is 2.67. The zero-order valence-electron chi connectivity index (χ0n) is 57.2. The normalized spacial score (nSPS) is 27.1. The van der Waals surface area contributed by atoms with Crippen LogP contribution in [-0.4, -0.2) is 190 Å². The molecule has 6 heterocycles. The van der Waals surface area contributed by atoms with Gasteiger partial charge in [0.15, 0.2) is 34.3 Å². The van der Waals surface area contributed by atoms with E-state index in [-0.39, 0.29) is 133 Å². The Morgan fingerprint density at radius 2 is 0.716 bits per heavy atom. The van der Waals surface area contributed by atoms with Crippen LogP contribution in [0.4, 0.5) is 57.0 Å². The second-order valence-electron chi connectivity index (χ2n) is 29.8. The Morgan fingerprint density at radius 3 is 0.912 bits per heavy atom. The maximum atomic E-state index is 13.7. The van der Waals surface area contributed by atoms with Crippen LogP contribution >= 0.6 is 0 Å². The van der Waals surface area contributed by atoms with Crippen LogP contribution in [0.2, 0.25) is 0 Å². The van der Waals surface area contributed by atoms with Gasteiger partial charge in [0.1, 0.15) is 16.7 Å². The Hall–Kier alpha value is -7.95. The molecule has 0 aromatic carbocycles. The summed E-state index contributed by atoms with van der Waals surface area (Å²) in [4.78, 5) is 77.7. The van der Waals surface area contributed by atoms with Crippen LogP contribution in [0.25, 0.3) is 0 Å². The third-order valence-corrected chi connectivity index (χ3v) is 21.6. The fourth-order valence-corrected chi connectivity index (χ4v) is 15.1. The van der Waals surface area contributed by atoms with Crippen molar-refractivity contribution in [3.63, 3.8) is 0 Å². The van der Waals surface area contributed by atoms with E-state index in [0.29, 0.717) is 77.0 Å². The van der Waals surface area contributed by atoms with E-state index in [2.05, 4.69) is 49.5 Å². The molecule has 3 aliphatic heterocycles. The number of carbonyl (C=O) groups is 6. The van der Waals surface area contributed by atoms with Crippen molar-refractivity contribution in [2.45, 2.75) is 245 Å². The monoisotopic (exact) mass is 1450 g/mol. The topological polar surface area (TPSA) is 390 Å².